The third kappa shape index (κ3) is 6.92. The molecule has 0 aliphatic carbocycles. The highest BCUT2D eigenvalue weighted by molar-refractivity contribution is 5.94. The van der Waals surface area contributed by atoms with Crippen LogP contribution in [0.4, 0.5) is 0 Å². The molecule has 0 radical (unpaired) electrons. The number of amides is 2. The van der Waals surface area contributed by atoms with Crippen LogP contribution in [0.5, 0.6) is 0 Å². The van der Waals surface area contributed by atoms with E-state index in [9.17, 15) is 14.4 Å². The van der Waals surface area contributed by atoms with Gasteiger partial charge >= 0.3 is 5.97 Å². The fourth-order valence-corrected chi connectivity index (χ4v) is 3.98. The summed E-state index contributed by atoms with van der Waals surface area (Å²) in [6.07, 6.45) is 1.86. The first-order valence-corrected chi connectivity index (χ1v) is 11.6. The Hall–Kier alpha value is -3.66. The molecule has 2 aromatic rings. The maximum atomic E-state index is 13.1. The average molecular weight is 462 g/mol. The van der Waals surface area contributed by atoms with E-state index in [0.717, 1.165) is 18.4 Å². The first-order chi connectivity index (χ1) is 16.3. The third-order valence-corrected chi connectivity index (χ3v) is 6.15. The van der Waals surface area contributed by atoms with Crippen molar-refractivity contribution in [1.82, 2.24) is 10.2 Å². The topological polar surface area (TPSA) is 99.5 Å². The van der Waals surface area contributed by atoms with Gasteiger partial charge in [0.2, 0.25) is 5.91 Å². The molecule has 34 heavy (non-hydrogen) atoms. The van der Waals surface area contributed by atoms with E-state index in [1.54, 1.807) is 24.3 Å². The van der Waals surface area contributed by atoms with E-state index in [2.05, 4.69) is 5.32 Å². The van der Waals surface area contributed by atoms with E-state index >= 15 is 0 Å². The number of benzene rings is 2. The molecule has 1 fully saturated rings. The van der Waals surface area contributed by atoms with Gasteiger partial charge in [-0.2, -0.15) is 5.26 Å². The summed E-state index contributed by atoms with van der Waals surface area (Å²) in [6, 6.07) is 18.0. The van der Waals surface area contributed by atoms with Crippen LogP contribution in [0.15, 0.2) is 54.6 Å². The number of carbonyl (C=O) groups is 3. The first-order valence-electron chi connectivity index (χ1n) is 11.6. The fourth-order valence-electron chi connectivity index (χ4n) is 3.98. The molecule has 1 heterocycles. The van der Waals surface area contributed by atoms with Crippen LogP contribution in [0, 0.1) is 22.7 Å². The largest absolute Gasteiger partial charge is 0.461 e. The molecule has 1 saturated heterocycles. The molecule has 1 aliphatic rings. The molecule has 0 unspecified atom stereocenters. The van der Waals surface area contributed by atoms with E-state index in [-0.39, 0.29) is 36.9 Å². The van der Waals surface area contributed by atoms with Crippen LogP contribution in [0.2, 0.25) is 0 Å². The second-order valence-corrected chi connectivity index (χ2v) is 9.34. The lowest BCUT2D eigenvalue weighted by Gasteiger charge is -2.37. The van der Waals surface area contributed by atoms with E-state index in [0.29, 0.717) is 30.6 Å². The molecule has 0 bridgehead atoms. The quantitative estimate of drug-likeness (QED) is 0.605. The number of likely N-dealkylation sites (tertiary alicyclic amines) is 1. The van der Waals surface area contributed by atoms with Gasteiger partial charge in [0.15, 0.2) is 0 Å². The standard InChI is InChI=1S/C27H31N3O4/c1-27(2,19-29-25(32)23-10-8-21(17-28)9-11-23)26(33)30-14-12-20(13-15-30)16-24(31)34-18-22-6-4-3-5-7-22/h3-11,20H,12-16,18-19H2,1-2H3,(H,29,32). The summed E-state index contributed by atoms with van der Waals surface area (Å²) in [5, 5.41) is 11.7. The molecular weight excluding hydrogens is 430 g/mol. The molecular formula is C27H31N3O4. The van der Waals surface area contributed by atoms with Crippen molar-refractivity contribution in [2.75, 3.05) is 19.6 Å². The zero-order chi connectivity index (χ0) is 24.6. The predicted octanol–water partition coefficient (Wildman–Crippen LogP) is 3.69. The molecule has 7 nitrogen and oxygen atoms in total. The summed E-state index contributed by atoms with van der Waals surface area (Å²) in [4.78, 5) is 39.5. The van der Waals surface area contributed by atoms with Gasteiger partial charge in [-0.25, -0.2) is 0 Å². The second-order valence-electron chi connectivity index (χ2n) is 9.34. The lowest BCUT2D eigenvalue weighted by atomic mass is 9.88. The van der Waals surface area contributed by atoms with Crippen LogP contribution < -0.4 is 5.32 Å². The van der Waals surface area contributed by atoms with Crippen molar-refractivity contribution in [2.24, 2.45) is 11.3 Å². The molecule has 7 heteroatoms. The molecule has 0 spiro atoms. The van der Waals surface area contributed by atoms with Crippen LogP contribution in [-0.4, -0.2) is 42.3 Å². The third-order valence-electron chi connectivity index (χ3n) is 6.15. The molecule has 1 aliphatic heterocycles. The predicted molar refractivity (Wildman–Crippen MR) is 127 cm³/mol. The van der Waals surface area contributed by atoms with Crippen molar-refractivity contribution in [3.8, 4) is 6.07 Å². The SMILES string of the molecule is CC(C)(CNC(=O)c1ccc(C#N)cc1)C(=O)N1CCC(CC(=O)OCc2ccccc2)CC1. The highest BCUT2D eigenvalue weighted by atomic mass is 16.5. The van der Waals surface area contributed by atoms with Crippen LogP contribution in [0.3, 0.4) is 0 Å². The average Bonchev–Trinajstić information content (AvgIpc) is 2.87. The maximum absolute atomic E-state index is 13.1. The zero-order valence-electron chi connectivity index (χ0n) is 19.8. The van der Waals surface area contributed by atoms with Crippen molar-refractivity contribution in [3.63, 3.8) is 0 Å². The van der Waals surface area contributed by atoms with Crippen LogP contribution in [0.25, 0.3) is 0 Å². The number of piperidine rings is 1. The molecule has 0 aromatic heterocycles. The Morgan fingerprint density at radius 1 is 1.06 bits per heavy atom. The lowest BCUT2D eigenvalue weighted by molar-refractivity contribution is -0.147. The van der Waals surface area contributed by atoms with Crippen molar-refractivity contribution in [2.45, 2.75) is 39.7 Å². The molecule has 0 atom stereocenters. The van der Waals surface area contributed by atoms with Crippen LogP contribution in [0.1, 0.15) is 54.6 Å². The van der Waals surface area contributed by atoms with E-state index in [1.165, 1.54) is 0 Å². The number of hydrogen-bond donors (Lipinski definition) is 1. The Kier molecular flexibility index (Phi) is 8.42. The van der Waals surface area contributed by atoms with Gasteiger partial charge in [0.1, 0.15) is 6.61 Å². The Morgan fingerprint density at radius 3 is 2.32 bits per heavy atom. The summed E-state index contributed by atoms with van der Waals surface area (Å²) in [5.74, 6) is -0.304. The second kappa shape index (κ2) is 11.5. The first kappa shape index (κ1) is 25.0. The van der Waals surface area contributed by atoms with Crippen molar-refractivity contribution >= 4 is 17.8 Å². The summed E-state index contributed by atoms with van der Waals surface area (Å²) < 4.78 is 5.39. The number of ether oxygens (including phenoxy) is 1. The van der Waals surface area contributed by atoms with Crippen molar-refractivity contribution in [3.05, 3.63) is 71.3 Å². The number of nitriles is 1. The van der Waals surface area contributed by atoms with E-state index < -0.39 is 5.41 Å². The molecule has 0 saturated carbocycles. The van der Waals surface area contributed by atoms with Gasteiger partial charge < -0.3 is 15.0 Å². The van der Waals surface area contributed by atoms with Crippen molar-refractivity contribution in [1.29, 1.82) is 5.26 Å². The molecule has 2 amide bonds. The van der Waals surface area contributed by atoms with Gasteiger partial charge in [0.05, 0.1) is 17.0 Å². The highest BCUT2D eigenvalue weighted by Crippen LogP contribution is 2.26. The number of nitrogens with zero attached hydrogens (tertiary/aromatic N) is 2. The van der Waals surface area contributed by atoms with Gasteiger partial charge in [0, 0.05) is 31.6 Å². The minimum absolute atomic E-state index is 0.0160. The minimum atomic E-state index is -0.760. The van der Waals surface area contributed by atoms with Crippen LogP contribution >= 0.6 is 0 Å². The minimum Gasteiger partial charge on any atom is -0.461 e. The smallest absolute Gasteiger partial charge is 0.306 e. The molecule has 2 aromatic carbocycles. The molecule has 3 rings (SSSR count). The number of nitrogens with one attached hydrogen (secondary N) is 1. The maximum Gasteiger partial charge on any atom is 0.306 e. The summed E-state index contributed by atoms with van der Waals surface area (Å²) in [5.41, 5.74) is 1.14. The van der Waals surface area contributed by atoms with Gasteiger partial charge in [-0.15, -0.1) is 0 Å². The summed E-state index contributed by atoms with van der Waals surface area (Å²) >= 11 is 0. The highest BCUT2D eigenvalue weighted by Gasteiger charge is 2.34. The lowest BCUT2D eigenvalue weighted by Crippen LogP contribution is -2.49. The number of esters is 1. The number of hydrogen-bond acceptors (Lipinski definition) is 5. The molecule has 1 N–H and O–H groups in total. The van der Waals surface area contributed by atoms with Gasteiger partial charge in [-0.3, -0.25) is 14.4 Å². The van der Waals surface area contributed by atoms with Gasteiger partial charge in [0.25, 0.3) is 5.91 Å². The Labute approximate surface area is 200 Å². The van der Waals surface area contributed by atoms with Crippen LogP contribution in [-0.2, 0) is 20.9 Å². The zero-order valence-corrected chi connectivity index (χ0v) is 19.8. The Bertz CT molecular complexity index is 1030. The van der Waals surface area contributed by atoms with Crippen molar-refractivity contribution < 1.29 is 19.1 Å². The number of carbonyl (C=O) groups excluding carboxylic acids is 3. The summed E-state index contributed by atoms with van der Waals surface area (Å²) in [7, 11) is 0. The van der Waals surface area contributed by atoms with E-state index in [1.807, 2.05) is 55.1 Å². The number of rotatable bonds is 8. The van der Waals surface area contributed by atoms with Gasteiger partial charge in [-0.1, -0.05) is 30.3 Å². The van der Waals surface area contributed by atoms with Gasteiger partial charge in [-0.05, 0) is 62.4 Å². The van der Waals surface area contributed by atoms with E-state index in [4.69, 9.17) is 10.00 Å². The normalized spacial score (nSPS) is 14.2. The Morgan fingerprint density at radius 2 is 1.71 bits per heavy atom. The molecule has 178 valence electrons. The monoisotopic (exact) mass is 461 g/mol. The summed E-state index contributed by atoms with van der Waals surface area (Å²) in [6.45, 7) is 5.30. The Balaban J connectivity index is 1.41. The fraction of sp³-hybridized carbons (Fsp3) is 0.407.